The third-order valence-electron chi connectivity index (χ3n) is 2.60. The molecular weight excluding hydrogens is 247 g/mol. The second-order valence-corrected chi connectivity index (χ2v) is 4.80. The summed E-state index contributed by atoms with van der Waals surface area (Å²) in [4.78, 5) is 13.5. The molecule has 5 heteroatoms. The van der Waals surface area contributed by atoms with E-state index in [2.05, 4.69) is 0 Å². The van der Waals surface area contributed by atoms with Crippen molar-refractivity contribution in [1.29, 1.82) is 0 Å². The Kier molecular flexibility index (Phi) is 3.38. The smallest absolute Gasteiger partial charge is 0.227 e. The van der Waals surface area contributed by atoms with Gasteiger partial charge in [-0.3, -0.25) is 4.79 Å². The summed E-state index contributed by atoms with van der Waals surface area (Å²) in [6.45, 7) is 1.31. The van der Waals surface area contributed by atoms with E-state index in [-0.39, 0.29) is 11.9 Å². The number of nitrogens with zero attached hydrogens (tertiary/aromatic N) is 1. The standard InChI is InChI=1S/C11H12Cl2N2O/c12-9-2-1-7(3-10(9)13)4-11(16)15-5-8(14)6-15/h1-3,8H,4-6,14H2. The molecule has 0 spiro atoms. The van der Waals surface area contributed by atoms with Crippen molar-refractivity contribution in [2.45, 2.75) is 12.5 Å². The first-order valence-electron chi connectivity index (χ1n) is 5.03. The van der Waals surface area contributed by atoms with E-state index in [1.807, 2.05) is 6.07 Å². The van der Waals surface area contributed by atoms with Crippen molar-refractivity contribution >= 4 is 29.1 Å². The van der Waals surface area contributed by atoms with Crippen LogP contribution in [-0.4, -0.2) is 29.9 Å². The Morgan fingerprint density at radius 2 is 2.06 bits per heavy atom. The Morgan fingerprint density at radius 1 is 1.38 bits per heavy atom. The van der Waals surface area contributed by atoms with Crippen LogP contribution < -0.4 is 5.73 Å². The summed E-state index contributed by atoms with van der Waals surface area (Å²) in [6.07, 6.45) is 0.351. The fourth-order valence-corrected chi connectivity index (χ4v) is 1.97. The van der Waals surface area contributed by atoms with Gasteiger partial charge in [-0.1, -0.05) is 29.3 Å². The highest BCUT2D eigenvalue weighted by molar-refractivity contribution is 6.42. The highest BCUT2D eigenvalue weighted by Gasteiger charge is 2.27. The number of amides is 1. The number of carbonyl (C=O) groups is 1. The summed E-state index contributed by atoms with van der Waals surface area (Å²) in [5.74, 6) is 0.0834. The van der Waals surface area contributed by atoms with Crippen molar-refractivity contribution in [1.82, 2.24) is 4.90 Å². The van der Waals surface area contributed by atoms with Crippen molar-refractivity contribution in [2.75, 3.05) is 13.1 Å². The van der Waals surface area contributed by atoms with Gasteiger partial charge in [-0.15, -0.1) is 0 Å². The Balaban J connectivity index is 1.98. The lowest BCUT2D eigenvalue weighted by Gasteiger charge is -2.36. The average molecular weight is 259 g/mol. The minimum absolute atomic E-state index is 0.0834. The fraction of sp³-hybridized carbons (Fsp3) is 0.364. The molecular formula is C11H12Cl2N2O. The number of hydrogen-bond donors (Lipinski definition) is 1. The van der Waals surface area contributed by atoms with E-state index in [4.69, 9.17) is 28.9 Å². The zero-order valence-electron chi connectivity index (χ0n) is 8.62. The summed E-state index contributed by atoms with van der Waals surface area (Å²) < 4.78 is 0. The van der Waals surface area contributed by atoms with Gasteiger partial charge in [-0.2, -0.15) is 0 Å². The van der Waals surface area contributed by atoms with E-state index in [9.17, 15) is 4.79 Å². The number of likely N-dealkylation sites (tertiary alicyclic amines) is 1. The zero-order chi connectivity index (χ0) is 11.7. The summed E-state index contributed by atoms with van der Waals surface area (Å²) in [7, 11) is 0. The van der Waals surface area contributed by atoms with Crippen LogP contribution in [0, 0.1) is 0 Å². The minimum Gasteiger partial charge on any atom is -0.339 e. The van der Waals surface area contributed by atoms with Crippen LogP contribution in [0.5, 0.6) is 0 Å². The first-order valence-corrected chi connectivity index (χ1v) is 5.79. The zero-order valence-corrected chi connectivity index (χ0v) is 10.1. The molecule has 1 heterocycles. The third-order valence-corrected chi connectivity index (χ3v) is 3.34. The maximum absolute atomic E-state index is 11.7. The van der Waals surface area contributed by atoms with E-state index in [1.165, 1.54) is 0 Å². The van der Waals surface area contributed by atoms with Crippen molar-refractivity contribution in [3.63, 3.8) is 0 Å². The molecule has 1 aliphatic heterocycles. The monoisotopic (exact) mass is 258 g/mol. The van der Waals surface area contributed by atoms with Gasteiger partial charge in [-0.25, -0.2) is 0 Å². The van der Waals surface area contributed by atoms with E-state index < -0.39 is 0 Å². The van der Waals surface area contributed by atoms with Crippen molar-refractivity contribution < 1.29 is 4.79 Å². The first-order chi connectivity index (χ1) is 7.56. The van der Waals surface area contributed by atoms with Gasteiger partial charge < -0.3 is 10.6 Å². The summed E-state index contributed by atoms with van der Waals surface area (Å²) >= 11 is 11.7. The maximum atomic E-state index is 11.7. The van der Waals surface area contributed by atoms with Crippen LogP contribution in [0.4, 0.5) is 0 Å². The number of hydrogen-bond acceptors (Lipinski definition) is 2. The summed E-state index contributed by atoms with van der Waals surface area (Å²) in [6, 6.07) is 5.37. The van der Waals surface area contributed by atoms with Crippen molar-refractivity contribution in [3.05, 3.63) is 33.8 Å². The number of carbonyl (C=O) groups excluding carboxylic acids is 1. The molecule has 1 aromatic rings. The number of nitrogens with two attached hydrogens (primary N) is 1. The van der Waals surface area contributed by atoms with E-state index in [0.717, 1.165) is 5.56 Å². The summed E-state index contributed by atoms with van der Waals surface area (Å²) in [5.41, 5.74) is 6.49. The largest absolute Gasteiger partial charge is 0.339 e. The molecule has 0 unspecified atom stereocenters. The third kappa shape index (κ3) is 2.48. The number of rotatable bonds is 2. The molecule has 0 atom stereocenters. The van der Waals surface area contributed by atoms with Gasteiger partial charge in [0, 0.05) is 19.1 Å². The van der Waals surface area contributed by atoms with Crippen LogP contribution in [0.2, 0.25) is 10.0 Å². The highest BCUT2D eigenvalue weighted by Crippen LogP contribution is 2.23. The quantitative estimate of drug-likeness (QED) is 0.878. The fourth-order valence-electron chi connectivity index (χ4n) is 1.65. The molecule has 0 aromatic heterocycles. The highest BCUT2D eigenvalue weighted by atomic mass is 35.5. The van der Waals surface area contributed by atoms with Crippen LogP contribution in [0.3, 0.4) is 0 Å². The van der Waals surface area contributed by atoms with Gasteiger partial charge in [0.15, 0.2) is 0 Å². The molecule has 2 N–H and O–H groups in total. The molecule has 0 radical (unpaired) electrons. The Morgan fingerprint density at radius 3 is 2.62 bits per heavy atom. The Hall–Kier alpha value is -0.770. The van der Waals surface area contributed by atoms with Crippen LogP contribution in [0.1, 0.15) is 5.56 Å². The van der Waals surface area contributed by atoms with E-state index in [1.54, 1.807) is 17.0 Å². The van der Waals surface area contributed by atoms with Crippen LogP contribution in [0.15, 0.2) is 18.2 Å². The van der Waals surface area contributed by atoms with Crippen molar-refractivity contribution in [2.24, 2.45) is 5.73 Å². The molecule has 2 rings (SSSR count). The van der Waals surface area contributed by atoms with Crippen LogP contribution in [0.25, 0.3) is 0 Å². The second kappa shape index (κ2) is 4.62. The molecule has 0 bridgehead atoms. The minimum atomic E-state index is 0.0834. The van der Waals surface area contributed by atoms with Gasteiger partial charge in [0.25, 0.3) is 0 Å². The Bertz CT molecular complexity index is 416. The predicted octanol–water partition coefficient (Wildman–Crippen LogP) is 1.71. The first kappa shape index (κ1) is 11.7. The van der Waals surface area contributed by atoms with Gasteiger partial charge in [0.2, 0.25) is 5.91 Å². The topological polar surface area (TPSA) is 46.3 Å². The molecule has 0 aliphatic carbocycles. The Labute approximate surface area is 104 Å². The molecule has 16 heavy (non-hydrogen) atoms. The molecule has 1 aromatic carbocycles. The number of halogens is 2. The van der Waals surface area contributed by atoms with E-state index >= 15 is 0 Å². The average Bonchev–Trinajstić information content (AvgIpc) is 2.19. The molecule has 0 saturated carbocycles. The van der Waals surface area contributed by atoms with Gasteiger partial charge >= 0.3 is 0 Å². The summed E-state index contributed by atoms with van der Waals surface area (Å²) in [5, 5.41) is 0.983. The molecule has 3 nitrogen and oxygen atoms in total. The molecule has 1 amide bonds. The predicted molar refractivity (Wildman–Crippen MR) is 64.7 cm³/mol. The molecule has 1 aliphatic rings. The normalized spacial score (nSPS) is 16.1. The SMILES string of the molecule is NC1CN(C(=O)Cc2ccc(Cl)c(Cl)c2)C1. The van der Waals surface area contributed by atoms with Gasteiger partial charge in [0.05, 0.1) is 16.5 Å². The maximum Gasteiger partial charge on any atom is 0.227 e. The second-order valence-electron chi connectivity index (χ2n) is 3.98. The van der Waals surface area contributed by atoms with E-state index in [0.29, 0.717) is 29.6 Å². The molecule has 86 valence electrons. The lowest BCUT2D eigenvalue weighted by molar-refractivity contribution is -0.134. The lowest BCUT2D eigenvalue weighted by atomic mass is 10.1. The number of benzene rings is 1. The van der Waals surface area contributed by atoms with Crippen molar-refractivity contribution in [3.8, 4) is 0 Å². The lowest BCUT2D eigenvalue weighted by Crippen LogP contribution is -2.58. The van der Waals surface area contributed by atoms with Crippen LogP contribution in [-0.2, 0) is 11.2 Å². The van der Waals surface area contributed by atoms with Crippen LogP contribution >= 0.6 is 23.2 Å². The molecule has 1 saturated heterocycles. The van der Waals surface area contributed by atoms with Gasteiger partial charge in [0.1, 0.15) is 0 Å². The van der Waals surface area contributed by atoms with Gasteiger partial charge in [-0.05, 0) is 17.7 Å². The molecule has 1 fully saturated rings.